The van der Waals surface area contributed by atoms with Gasteiger partial charge in [-0.05, 0) is 12.5 Å². The van der Waals surface area contributed by atoms with E-state index in [1.807, 2.05) is 36.2 Å². The fourth-order valence-corrected chi connectivity index (χ4v) is 3.21. The van der Waals surface area contributed by atoms with Crippen LogP contribution in [0.3, 0.4) is 0 Å². The van der Waals surface area contributed by atoms with Gasteiger partial charge in [0.15, 0.2) is 12.2 Å². The fraction of sp³-hybridized carbons (Fsp3) is 0.312. The van der Waals surface area contributed by atoms with Gasteiger partial charge in [-0.25, -0.2) is 9.79 Å². The lowest BCUT2D eigenvalue weighted by atomic mass is 10.1. The molecular weight excluding hydrogens is 294 g/mol. The highest BCUT2D eigenvalue weighted by atomic mass is 16.2. The molecule has 1 aromatic rings. The average Bonchev–Trinajstić information content (AvgIpc) is 3.03. The van der Waals surface area contributed by atoms with Crippen LogP contribution < -0.4 is 5.32 Å². The van der Waals surface area contributed by atoms with Crippen molar-refractivity contribution in [2.75, 3.05) is 7.05 Å². The molecule has 7 heteroatoms. The van der Waals surface area contributed by atoms with Crippen molar-refractivity contribution in [2.24, 2.45) is 4.99 Å². The molecule has 0 aromatic heterocycles. The van der Waals surface area contributed by atoms with Crippen molar-refractivity contribution in [1.82, 2.24) is 20.0 Å². The van der Waals surface area contributed by atoms with Gasteiger partial charge in [0.1, 0.15) is 0 Å². The number of fused-ring (bicyclic) bond motifs is 3. The molecule has 0 spiro atoms. The number of carbonyl (C=O) groups excluding carboxylic acids is 2. The number of carbonyl (C=O) groups is 2. The van der Waals surface area contributed by atoms with E-state index >= 15 is 0 Å². The Morgan fingerprint density at radius 1 is 1.22 bits per heavy atom. The van der Waals surface area contributed by atoms with E-state index < -0.39 is 18.2 Å². The van der Waals surface area contributed by atoms with Gasteiger partial charge in [-0.2, -0.15) is 0 Å². The zero-order valence-electron chi connectivity index (χ0n) is 12.9. The highest BCUT2D eigenvalue weighted by Crippen LogP contribution is 2.32. The zero-order chi connectivity index (χ0) is 16.1. The van der Waals surface area contributed by atoms with Gasteiger partial charge in [0.2, 0.25) is 5.96 Å². The molecule has 2 atom stereocenters. The molecule has 0 radical (unpaired) electrons. The number of hydrogen-bond acceptors (Lipinski definition) is 5. The van der Waals surface area contributed by atoms with Gasteiger partial charge >= 0.3 is 6.03 Å². The van der Waals surface area contributed by atoms with Crippen molar-refractivity contribution >= 4 is 17.9 Å². The lowest BCUT2D eigenvalue weighted by Gasteiger charge is -2.34. The van der Waals surface area contributed by atoms with Crippen LogP contribution in [0.1, 0.15) is 12.5 Å². The molecule has 1 N–H and O–H groups in total. The molecule has 23 heavy (non-hydrogen) atoms. The highest BCUT2D eigenvalue weighted by Gasteiger charge is 2.51. The molecule has 2 unspecified atom stereocenters. The predicted octanol–water partition coefficient (Wildman–Crippen LogP) is 0.911. The number of nitrogens with one attached hydrogen (secondary N) is 1. The van der Waals surface area contributed by atoms with Crippen LogP contribution in [0.2, 0.25) is 0 Å². The molecule has 0 saturated carbocycles. The zero-order valence-corrected chi connectivity index (χ0v) is 12.9. The molecule has 0 aliphatic carbocycles. The number of imide groups is 1. The Balaban J connectivity index is 1.66. The summed E-state index contributed by atoms with van der Waals surface area (Å²) >= 11 is 0. The van der Waals surface area contributed by atoms with Gasteiger partial charge in [0, 0.05) is 18.9 Å². The van der Waals surface area contributed by atoms with Crippen molar-refractivity contribution in [3.05, 3.63) is 47.8 Å². The van der Waals surface area contributed by atoms with Gasteiger partial charge in [-0.15, -0.1) is 0 Å². The number of rotatable bonds is 2. The van der Waals surface area contributed by atoms with Gasteiger partial charge in [0.25, 0.3) is 5.91 Å². The Morgan fingerprint density at radius 3 is 2.70 bits per heavy atom. The average molecular weight is 311 g/mol. The predicted molar refractivity (Wildman–Crippen MR) is 83.9 cm³/mol. The van der Waals surface area contributed by atoms with Gasteiger partial charge < -0.3 is 14.7 Å². The largest absolute Gasteiger partial charge is 0.325 e. The summed E-state index contributed by atoms with van der Waals surface area (Å²) < 4.78 is 0. The summed E-state index contributed by atoms with van der Waals surface area (Å²) in [6, 6.07) is 9.19. The second kappa shape index (κ2) is 4.84. The van der Waals surface area contributed by atoms with E-state index in [0.717, 1.165) is 17.2 Å². The van der Waals surface area contributed by atoms with E-state index in [1.54, 1.807) is 7.05 Å². The first-order valence-corrected chi connectivity index (χ1v) is 7.50. The summed E-state index contributed by atoms with van der Waals surface area (Å²) in [4.78, 5) is 34.1. The summed E-state index contributed by atoms with van der Waals surface area (Å²) in [5.41, 5.74) is 2.19. The van der Waals surface area contributed by atoms with E-state index in [2.05, 4.69) is 27.3 Å². The quantitative estimate of drug-likeness (QED) is 0.881. The van der Waals surface area contributed by atoms with Crippen LogP contribution in [0.4, 0.5) is 4.79 Å². The molecular formula is C16H17N5O2. The minimum absolute atomic E-state index is 0.303. The lowest BCUT2D eigenvalue weighted by Crippen LogP contribution is -2.62. The number of aliphatic imine (C=N–C) groups is 1. The van der Waals surface area contributed by atoms with E-state index in [0.29, 0.717) is 6.54 Å². The standard InChI is InChI=1S/C16H17N5O2/c1-10-8-21-12-13(19(2)16(23)18-14(12)22)17-15(21)20(10)9-11-6-4-3-5-7-11/h3-8,12-13H,9H2,1-2H3,(H,18,22,23). The van der Waals surface area contributed by atoms with Crippen LogP contribution in [0, 0.1) is 0 Å². The maximum Gasteiger partial charge on any atom is 0.325 e. The molecule has 7 nitrogen and oxygen atoms in total. The molecule has 1 saturated heterocycles. The Labute approximate surface area is 133 Å². The number of urea groups is 1. The minimum Gasteiger partial charge on any atom is -0.310 e. The van der Waals surface area contributed by atoms with Crippen molar-refractivity contribution < 1.29 is 9.59 Å². The molecule has 3 amide bonds. The summed E-state index contributed by atoms with van der Waals surface area (Å²) in [7, 11) is 1.66. The van der Waals surface area contributed by atoms with Crippen LogP contribution >= 0.6 is 0 Å². The number of likely N-dealkylation sites (N-methyl/N-ethyl adjacent to an activating group) is 1. The van der Waals surface area contributed by atoms with Crippen LogP contribution in [0.15, 0.2) is 47.2 Å². The Kier molecular flexibility index (Phi) is 2.90. The molecule has 3 heterocycles. The SMILES string of the molecule is CC1=CN2C(=NC3C2C(=O)NC(=O)N3C)N1Cc1ccccc1. The number of hydrogen-bond donors (Lipinski definition) is 1. The van der Waals surface area contributed by atoms with Crippen LogP contribution in [0.5, 0.6) is 0 Å². The van der Waals surface area contributed by atoms with Crippen LogP contribution in [0.25, 0.3) is 0 Å². The number of benzene rings is 1. The molecule has 3 aliphatic rings. The Bertz CT molecular complexity index is 742. The molecule has 118 valence electrons. The fourth-order valence-electron chi connectivity index (χ4n) is 3.21. The Morgan fingerprint density at radius 2 is 1.96 bits per heavy atom. The smallest absolute Gasteiger partial charge is 0.310 e. The summed E-state index contributed by atoms with van der Waals surface area (Å²) in [6.07, 6.45) is 1.45. The third-order valence-corrected chi connectivity index (χ3v) is 4.45. The molecule has 4 rings (SSSR count). The maximum atomic E-state index is 12.2. The normalized spacial score (nSPS) is 25.9. The molecule has 0 bridgehead atoms. The van der Waals surface area contributed by atoms with E-state index in [9.17, 15) is 9.59 Å². The number of guanidine groups is 1. The lowest BCUT2D eigenvalue weighted by molar-refractivity contribution is -0.126. The maximum absolute atomic E-state index is 12.2. The minimum atomic E-state index is -0.497. The first-order chi connectivity index (χ1) is 11.1. The monoisotopic (exact) mass is 311 g/mol. The van der Waals surface area contributed by atoms with Gasteiger partial charge in [-0.1, -0.05) is 30.3 Å². The van der Waals surface area contributed by atoms with Gasteiger partial charge in [0.05, 0.1) is 6.54 Å². The van der Waals surface area contributed by atoms with Crippen molar-refractivity contribution in [3.8, 4) is 0 Å². The first kappa shape index (κ1) is 13.8. The number of allylic oxidation sites excluding steroid dienone is 1. The van der Waals surface area contributed by atoms with E-state index in [-0.39, 0.29) is 5.91 Å². The summed E-state index contributed by atoms with van der Waals surface area (Å²) in [5.74, 6) is 0.417. The third-order valence-electron chi connectivity index (χ3n) is 4.45. The first-order valence-electron chi connectivity index (χ1n) is 7.50. The number of amides is 3. The van der Waals surface area contributed by atoms with Crippen molar-refractivity contribution in [2.45, 2.75) is 25.7 Å². The molecule has 1 fully saturated rings. The highest BCUT2D eigenvalue weighted by molar-refractivity contribution is 6.04. The van der Waals surface area contributed by atoms with E-state index in [4.69, 9.17) is 0 Å². The molecule has 3 aliphatic heterocycles. The van der Waals surface area contributed by atoms with E-state index in [1.165, 1.54) is 4.90 Å². The second-order valence-electron chi connectivity index (χ2n) is 5.94. The van der Waals surface area contributed by atoms with Gasteiger partial charge in [-0.3, -0.25) is 10.1 Å². The second-order valence-corrected chi connectivity index (χ2v) is 5.94. The number of nitrogens with zero attached hydrogens (tertiary/aromatic N) is 4. The topological polar surface area (TPSA) is 68.2 Å². The van der Waals surface area contributed by atoms with Crippen LogP contribution in [-0.4, -0.2) is 51.9 Å². The summed E-state index contributed by atoms with van der Waals surface area (Å²) in [6.45, 7) is 2.67. The van der Waals surface area contributed by atoms with Crippen molar-refractivity contribution in [1.29, 1.82) is 0 Å². The van der Waals surface area contributed by atoms with Crippen molar-refractivity contribution in [3.63, 3.8) is 0 Å². The van der Waals surface area contributed by atoms with Crippen LogP contribution in [-0.2, 0) is 11.3 Å². The molecule has 1 aromatic carbocycles. The third kappa shape index (κ3) is 2.00. The summed E-state index contributed by atoms with van der Waals surface area (Å²) in [5, 5.41) is 2.38. The Hall–Kier alpha value is -2.83.